The largest absolute Gasteiger partial charge is 0.355 e. The minimum atomic E-state index is -0.0122. The van der Waals surface area contributed by atoms with Crippen molar-refractivity contribution in [2.75, 3.05) is 52.4 Å². The smallest absolute Gasteiger partial charge is 0.237 e. The van der Waals surface area contributed by atoms with Gasteiger partial charge in [-0.15, -0.1) is 24.8 Å². The van der Waals surface area contributed by atoms with Crippen LogP contribution in [0.3, 0.4) is 0 Å². The van der Waals surface area contributed by atoms with Crippen molar-refractivity contribution in [2.24, 2.45) is 5.92 Å². The van der Waals surface area contributed by atoms with Gasteiger partial charge in [0.15, 0.2) is 0 Å². The number of likely N-dealkylation sites (tertiary alicyclic amines) is 1. The fourth-order valence-corrected chi connectivity index (χ4v) is 4.25. The molecule has 2 N–H and O–H groups in total. The van der Waals surface area contributed by atoms with Gasteiger partial charge in [-0.05, 0) is 63.7 Å². The molecular weight excluding hydrogens is 407 g/mol. The molecule has 1 aromatic rings. The third-order valence-corrected chi connectivity index (χ3v) is 6.10. The van der Waals surface area contributed by atoms with E-state index in [-0.39, 0.29) is 36.8 Å². The summed E-state index contributed by atoms with van der Waals surface area (Å²) in [6, 6.07) is 10.8. The maximum atomic E-state index is 12.5. The Hall–Kier alpha value is -0.850. The van der Waals surface area contributed by atoms with Gasteiger partial charge in [-0.2, -0.15) is 0 Å². The van der Waals surface area contributed by atoms with Crippen LogP contribution in [0.2, 0.25) is 0 Å². The SMILES string of the molecule is CC(C(=O)NCCCN1CCNCC1)N1CCC(Cc2ccccc2)CC1.Cl.Cl. The first-order valence-corrected chi connectivity index (χ1v) is 10.7. The first-order chi connectivity index (χ1) is 13.2. The van der Waals surface area contributed by atoms with E-state index in [0.717, 1.165) is 64.7 Å². The summed E-state index contributed by atoms with van der Waals surface area (Å²) in [6.07, 6.45) is 4.59. The number of hydrogen-bond donors (Lipinski definition) is 2. The Morgan fingerprint density at radius 3 is 2.41 bits per heavy atom. The minimum absolute atomic E-state index is 0. The van der Waals surface area contributed by atoms with E-state index in [2.05, 4.69) is 57.7 Å². The van der Waals surface area contributed by atoms with E-state index in [1.807, 2.05) is 0 Å². The van der Waals surface area contributed by atoms with Crippen LogP contribution < -0.4 is 10.6 Å². The van der Waals surface area contributed by atoms with E-state index in [1.165, 1.54) is 24.8 Å². The van der Waals surface area contributed by atoms with Crippen LogP contribution in [0.15, 0.2) is 30.3 Å². The molecule has 0 saturated carbocycles. The van der Waals surface area contributed by atoms with Crippen molar-refractivity contribution in [3.63, 3.8) is 0 Å². The summed E-state index contributed by atoms with van der Waals surface area (Å²) in [5, 5.41) is 6.52. The molecule has 2 saturated heterocycles. The van der Waals surface area contributed by atoms with E-state index in [1.54, 1.807) is 0 Å². The van der Waals surface area contributed by atoms with Crippen LogP contribution in [0.1, 0.15) is 31.7 Å². The van der Waals surface area contributed by atoms with Gasteiger partial charge in [0.1, 0.15) is 0 Å². The highest BCUT2D eigenvalue weighted by Gasteiger charge is 2.26. The molecule has 2 aliphatic rings. The van der Waals surface area contributed by atoms with Gasteiger partial charge in [0.25, 0.3) is 0 Å². The third-order valence-electron chi connectivity index (χ3n) is 6.10. The lowest BCUT2D eigenvalue weighted by Crippen LogP contribution is -2.49. The van der Waals surface area contributed by atoms with Crippen LogP contribution >= 0.6 is 24.8 Å². The maximum absolute atomic E-state index is 12.5. The number of nitrogens with zero attached hydrogens (tertiary/aromatic N) is 2. The predicted molar refractivity (Wildman–Crippen MR) is 125 cm³/mol. The Bertz CT molecular complexity index is 561. The average Bonchev–Trinajstić information content (AvgIpc) is 2.72. The molecule has 5 nitrogen and oxygen atoms in total. The third kappa shape index (κ3) is 8.81. The Labute approximate surface area is 188 Å². The first kappa shape index (κ1) is 26.2. The standard InChI is InChI=1S/C22H36N4O.2ClH/c1-19(22(27)24-10-5-13-25-16-11-23-12-17-25)26-14-8-21(9-15-26)18-20-6-3-2-4-7-20;;/h2-4,6-7,19,21,23H,5,8-18H2,1H3,(H,24,27);2*1H. The highest BCUT2D eigenvalue weighted by molar-refractivity contribution is 5.85. The molecule has 0 bridgehead atoms. The first-order valence-electron chi connectivity index (χ1n) is 10.7. The second-order valence-electron chi connectivity index (χ2n) is 8.08. The summed E-state index contributed by atoms with van der Waals surface area (Å²) < 4.78 is 0. The molecule has 3 rings (SSSR count). The molecule has 7 heteroatoms. The van der Waals surface area contributed by atoms with E-state index in [9.17, 15) is 4.79 Å². The van der Waals surface area contributed by atoms with Crippen molar-refractivity contribution in [3.05, 3.63) is 35.9 Å². The van der Waals surface area contributed by atoms with Crippen LogP contribution in [0.25, 0.3) is 0 Å². The summed E-state index contributed by atoms with van der Waals surface area (Å²) in [4.78, 5) is 17.3. The normalized spacial score (nSPS) is 19.6. The molecule has 2 heterocycles. The van der Waals surface area contributed by atoms with Gasteiger partial charge in [-0.25, -0.2) is 0 Å². The fourth-order valence-electron chi connectivity index (χ4n) is 4.25. The van der Waals surface area contributed by atoms with E-state index >= 15 is 0 Å². The molecule has 1 atom stereocenters. The summed E-state index contributed by atoms with van der Waals surface area (Å²) in [5.41, 5.74) is 1.44. The van der Waals surface area contributed by atoms with Crippen LogP contribution in [0, 0.1) is 5.92 Å². The number of nitrogens with one attached hydrogen (secondary N) is 2. The van der Waals surface area contributed by atoms with Crippen LogP contribution in [-0.4, -0.2) is 74.1 Å². The van der Waals surface area contributed by atoms with Crippen LogP contribution in [-0.2, 0) is 11.2 Å². The zero-order chi connectivity index (χ0) is 18.9. The number of halogens is 2. The highest BCUT2D eigenvalue weighted by atomic mass is 35.5. The van der Waals surface area contributed by atoms with Gasteiger partial charge in [0.2, 0.25) is 5.91 Å². The molecule has 1 aromatic carbocycles. The monoisotopic (exact) mass is 444 g/mol. The number of hydrogen-bond acceptors (Lipinski definition) is 4. The van der Waals surface area contributed by atoms with E-state index in [4.69, 9.17) is 0 Å². The molecule has 1 amide bonds. The highest BCUT2D eigenvalue weighted by Crippen LogP contribution is 2.22. The molecular formula is C22H38Cl2N4O. The lowest BCUT2D eigenvalue weighted by atomic mass is 9.89. The number of rotatable bonds is 8. The molecule has 0 radical (unpaired) electrons. The molecule has 0 spiro atoms. The summed E-state index contributed by atoms with van der Waals surface area (Å²) >= 11 is 0. The lowest BCUT2D eigenvalue weighted by Gasteiger charge is -2.35. The van der Waals surface area contributed by atoms with E-state index < -0.39 is 0 Å². The molecule has 166 valence electrons. The number of piperidine rings is 1. The van der Waals surface area contributed by atoms with Crippen LogP contribution in [0.4, 0.5) is 0 Å². The van der Waals surface area contributed by atoms with Crippen molar-refractivity contribution >= 4 is 30.7 Å². The number of carbonyl (C=O) groups excluding carboxylic acids is 1. The topological polar surface area (TPSA) is 47.6 Å². The van der Waals surface area contributed by atoms with Crippen molar-refractivity contribution in [2.45, 2.75) is 38.6 Å². The summed E-state index contributed by atoms with van der Waals surface area (Å²) in [7, 11) is 0. The van der Waals surface area contributed by atoms with Crippen molar-refractivity contribution in [1.29, 1.82) is 0 Å². The molecule has 2 aliphatic heterocycles. The quantitative estimate of drug-likeness (QED) is 0.604. The van der Waals surface area contributed by atoms with Crippen molar-refractivity contribution in [1.82, 2.24) is 20.4 Å². The summed E-state index contributed by atoms with van der Waals surface area (Å²) in [5.74, 6) is 0.940. The summed E-state index contributed by atoms with van der Waals surface area (Å²) in [6.45, 7) is 10.4. The van der Waals surface area contributed by atoms with Gasteiger partial charge in [0, 0.05) is 32.7 Å². The second-order valence-corrected chi connectivity index (χ2v) is 8.08. The molecule has 1 unspecified atom stereocenters. The zero-order valence-corrected chi connectivity index (χ0v) is 19.3. The lowest BCUT2D eigenvalue weighted by molar-refractivity contribution is -0.126. The number of benzene rings is 1. The van der Waals surface area contributed by atoms with Crippen molar-refractivity contribution in [3.8, 4) is 0 Å². The molecule has 2 fully saturated rings. The minimum Gasteiger partial charge on any atom is -0.355 e. The van der Waals surface area contributed by atoms with Gasteiger partial charge in [-0.3, -0.25) is 9.69 Å². The maximum Gasteiger partial charge on any atom is 0.237 e. The fraction of sp³-hybridized carbons (Fsp3) is 0.682. The number of piperazine rings is 1. The average molecular weight is 445 g/mol. The second kappa shape index (κ2) is 14.2. The molecule has 0 aliphatic carbocycles. The van der Waals surface area contributed by atoms with E-state index in [0.29, 0.717) is 0 Å². The Morgan fingerprint density at radius 1 is 1.10 bits per heavy atom. The Kier molecular flexibility index (Phi) is 12.8. The van der Waals surface area contributed by atoms with Gasteiger partial charge >= 0.3 is 0 Å². The zero-order valence-electron chi connectivity index (χ0n) is 17.6. The Morgan fingerprint density at radius 2 is 1.76 bits per heavy atom. The molecule has 0 aromatic heterocycles. The van der Waals surface area contributed by atoms with Gasteiger partial charge < -0.3 is 15.5 Å². The van der Waals surface area contributed by atoms with Gasteiger partial charge in [-0.1, -0.05) is 30.3 Å². The number of amides is 1. The number of carbonyl (C=O) groups is 1. The van der Waals surface area contributed by atoms with Crippen molar-refractivity contribution < 1.29 is 4.79 Å². The van der Waals surface area contributed by atoms with Gasteiger partial charge in [0.05, 0.1) is 6.04 Å². The predicted octanol–water partition coefficient (Wildman–Crippen LogP) is 2.58. The molecule has 29 heavy (non-hydrogen) atoms. The van der Waals surface area contributed by atoms with Crippen LogP contribution in [0.5, 0.6) is 0 Å². The Balaban J connectivity index is 0.00000210.